The van der Waals surface area contributed by atoms with Crippen molar-refractivity contribution in [3.8, 4) is 0 Å². The molecule has 0 radical (unpaired) electrons. The summed E-state index contributed by atoms with van der Waals surface area (Å²) in [6.07, 6.45) is 4.39. The number of aliphatic carboxylic acids is 1. The standard InChI is InChI=1S/C27H38N2O3S/c1-4-9-21(19-25(31)32)23-18-20(2)12-13-24(23)29-26(33)28-16-8-14-27(3,15-17-30)22-10-6-5-7-11-22/h5-7,10-13,18,21,30H,4,8-9,14-17,19H2,1-3H3,(H,31,32)(H2,28,29,33). The first kappa shape index (κ1) is 26.8. The molecule has 0 aromatic heterocycles. The SMILES string of the molecule is CCCC(CC(=O)O)c1cc(C)ccc1NC(=S)NCCCC(C)(CCO)c1ccccc1. The van der Waals surface area contributed by atoms with E-state index >= 15 is 0 Å². The van der Waals surface area contributed by atoms with Gasteiger partial charge in [0.2, 0.25) is 0 Å². The highest BCUT2D eigenvalue weighted by atomic mass is 32.1. The summed E-state index contributed by atoms with van der Waals surface area (Å²) >= 11 is 5.54. The molecule has 0 fully saturated rings. The Morgan fingerprint density at radius 3 is 2.52 bits per heavy atom. The summed E-state index contributed by atoms with van der Waals surface area (Å²) in [5.74, 6) is -0.839. The van der Waals surface area contributed by atoms with Gasteiger partial charge in [-0.2, -0.15) is 0 Å². The normalized spacial score (nSPS) is 13.7. The Kier molecular flexibility index (Phi) is 10.8. The Bertz CT molecular complexity index is 903. The van der Waals surface area contributed by atoms with Gasteiger partial charge in [0.1, 0.15) is 0 Å². The van der Waals surface area contributed by atoms with E-state index in [0.717, 1.165) is 48.9 Å². The zero-order valence-electron chi connectivity index (χ0n) is 20.1. The number of aliphatic hydroxyl groups excluding tert-OH is 1. The molecule has 2 aromatic carbocycles. The minimum atomic E-state index is -0.786. The monoisotopic (exact) mass is 470 g/mol. The van der Waals surface area contributed by atoms with Crippen molar-refractivity contribution in [1.29, 1.82) is 0 Å². The smallest absolute Gasteiger partial charge is 0.303 e. The van der Waals surface area contributed by atoms with Crippen LogP contribution in [0.3, 0.4) is 0 Å². The third-order valence-corrected chi connectivity index (χ3v) is 6.52. The molecule has 0 saturated heterocycles. The number of hydrogen-bond donors (Lipinski definition) is 4. The maximum absolute atomic E-state index is 11.4. The summed E-state index contributed by atoms with van der Waals surface area (Å²) in [4.78, 5) is 11.4. The second kappa shape index (κ2) is 13.3. The van der Waals surface area contributed by atoms with E-state index in [1.807, 2.05) is 37.3 Å². The van der Waals surface area contributed by atoms with Gasteiger partial charge in [0.15, 0.2) is 5.11 Å². The fourth-order valence-corrected chi connectivity index (χ4v) is 4.62. The summed E-state index contributed by atoms with van der Waals surface area (Å²) in [6, 6.07) is 16.4. The van der Waals surface area contributed by atoms with Crippen LogP contribution in [0.25, 0.3) is 0 Å². The molecular weight excluding hydrogens is 432 g/mol. The van der Waals surface area contributed by atoms with E-state index in [-0.39, 0.29) is 24.4 Å². The quantitative estimate of drug-likeness (QED) is 0.220. The van der Waals surface area contributed by atoms with Crippen molar-refractivity contribution in [3.63, 3.8) is 0 Å². The molecule has 0 aliphatic carbocycles. The van der Waals surface area contributed by atoms with E-state index in [1.165, 1.54) is 5.56 Å². The molecule has 5 nitrogen and oxygen atoms in total. The van der Waals surface area contributed by atoms with Crippen LogP contribution in [0.4, 0.5) is 5.69 Å². The Labute approximate surface area is 203 Å². The minimum Gasteiger partial charge on any atom is -0.481 e. The van der Waals surface area contributed by atoms with Crippen LogP contribution in [-0.2, 0) is 10.2 Å². The Morgan fingerprint density at radius 1 is 1.15 bits per heavy atom. The summed E-state index contributed by atoms with van der Waals surface area (Å²) in [7, 11) is 0. The van der Waals surface area contributed by atoms with Crippen LogP contribution in [-0.4, -0.2) is 34.4 Å². The maximum Gasteiger partial charge on any atom is 0.303 e. The fourth-order valence-electron chi connectivity index (χ4n) is 4.41. The highest BCUT2D eigenvalue weighted by Crippen LogP contribution is 2.33. The van der Waals surface area contributed by atoms with Crippen molar-refractivity contribution in [3.05, 3.63) is 65.2 Å². The molecule has 2 unspecified atom stereocenters. The summed E-state index contributed by atoms with van der Waals surface area (Å²) in [5, 5.41) is 26.1. The molecule has 180 valence electrons. The van der Waals surface area contributed by atoms with Crippen LogP contribution in [0.2, 0.25) is 0 Å². The highest BCUT2D eigenvalue weighted by molar-refractivity contribution is 7.80. The molecule has 0 amide bonds. The Morgan fingerprint density at radius 2 is 1.88 bits per heavy atom. The highest BCUT2D eigenvalue weighted by Gasteiger charge is 2.25. The number of anilines is 1. The van der Waals surface area contributed by atoms with E-state index in [2.05, 4.69) is 42.7 Å². The zero-order chi connectivity index (χ0) is 24.3. The molecular formula is C27H38N2O3S. The molecule has 33 heavy (non-hydrogen) atoms. The van der Waals surface area contributed by atoms with Crippen LogP contribution in [0.5, 0.6) is 0 Å². The molecule has 0 spiro atoms. The number of carboxylic acids is 1. The molecule has 0 heterocycles. The second-order valence-electron chi connectivity index (χ2n) is 9.06. The van der Waals surface area contributed by atoms with Gasteiger partial charge in [0.05, 0.1) is 6.42 Å². The van der Waals surface area contributed by atoms with E-state index < -0.39 is 5.97 Å². The Hall–Kier alpha value is -2.44. The first-order valence-corrected chi connectivity index (χ1v) is 12.2. The lowest BCUT2D eigenvalue weighted by molar-refractivity contribution is -0.137. The molecule has 0 aliphatic rings. The summed E-state index contributed by atoms with van der Waals surface area (Å²) in [6.45, 7) is 7.16. The number of aliphatic hydroxyl groups is 1. The molecule has 0 aliphatic heterocycles. The lowest BCUT2D eigenvalue weighted by Crippen LogP contribution is -2.31. The molecule has 2 rings (SSSR count). The average Bonchev–Trinajstić information content (AvgIpc) is 2.78. The molecule has 2 aromatic rings. The van der Waals surface area contributed by atoms with E-state index in [1.54, 1.807) is 0 Å². The van der Waals surface area contributed by atoms with Crippen molar-refractivity contribution >= 4 is 29.0 Å². The summed E-state index contributed by atoms with van der Waals surface area (Å²) in [5.41, 5.74) is 4.13. The van der Waals surface area contributed by atoms with Gasteiger partial charge in [-0.25, -0.2) is 0 Å². The number of carbonyl (C=O) groups is 1. The first-order valence-electron chi connectivity index (χ1n) is 11.8. The van der Waals surface area contributed by atoms with Gasteiger partial charge in [-0.3, -0.25) is 4.79 Å². The molecule has 4 N–H and O–H groups in total. The number of thiocarbonyl (C=S) groups is 1. The van der Waals surface area contributed by atoms with Gasteiger partial charge in [-0.05, 0) is 73.4 Å². The number of hydrogen-bond acceptors (Lipinski definition) is 3. The Balaban J connectivity index is 1.98. The van der Waals surface area contributed by atoms with E-state index in [4.69, 9.17) is 12.2 Å². The predicted octanol–water partition coefficient (Wildman–Crippen LogP) is 5.76. The lowest BCUT2D eigenvalue weighted by Gasteiger charge is -2.30. The van der Waals surface area contributed by atoms with Gasteiger partial charge < -0.3 is 20.8 Å². The van der Waals surface area contributed by atoms with Crippen molar-refractivity contribution in [2.75, 3.05) is 18.5 Å². The number of carboxylic acid groups (broad SMARTS) is 1. The number of aryl methyl sites for hydroxylation is 1. The third-order valence-electron chi connectivity index (χ3n) is 6.28. The fraction of sp³-hybridized carbons (Fsp3) is 0.481. The largest absolute Gasteiger partial charge is 0.481 e. The van der Waals surface area contributed by atoms with Gasteiger partial charge in [0.25, 0.3) is 0 Å². The molecule has 0 bridgehead atoms. The number of nitrogens with one attached hydrogen (secondary N) is 2. The van der Waals surface area contributed by atoms with Crippen molar-refractivity contribution in [2.45, 2.75) is 70.6 Å². The van der Waals surface area contributed by atoms with Crippen molar-refractivity contribution < 1.29 is 15.0 Å². The van der Waals surface area contributed by atoms with Gasteiger partial charge >= 0.3 is 5.97 Å². The van der Waals surface area contributed by atoms with Crippen molar-refractivity contribution in [1.82, 2.24) is 5.32 Å². The van der Waals surface area contributed by atoms with Crippen LogP contribution in [0.15, 0.2) is 48.5 Å². The molecule has 2 atom stereocenters. The van der Waals surface area contributed by atoms with Gasteiger partial charge in [0, 0.05) is 18.8 Å². The van der Waals surface area contributed by atoms with Crippen LogP contribution >= 0.6 is 12.2 Å². The van der Waals surface area contributed by atoms with Gasteiger partial charge in [-0.15, -0.1) is 0 Å². The average molecular weight is 471 g/mol. The van der Waals surface area contributed by atoms with Crippen LogP contribution < -0.4 is 10.6 Å². The van der Waals surface area contributed by atoms with Crippen LogP contribution in [0, 0.1) is 6.92 Å². The van der Waals surface area contributed by atoms with Gasteiger partial charge in [-0.1, -0.05) is 68.3 Å². The van der Waals surface area contributed by atoms with Crippen molar-refractivity contribution in [2.24, 2.45) is 0 Å². The number of rotatable bonds is 13. The maximum atomic E-state index is 11.4. The number of benzene rings is 2. The van der Waals surface area contributed by atoms with Crippen LogP contribution in [0.1, 0.15) is 75.0 Å². The molecule has 0 saturated carbocycles. The molecule has 6 heteroatoms. The van der Waals surface area contributed by atoms with E-state index in [0.29, 0.717) is 11.7 Å². The zero-order valence-corrected chi connectivity index (χ0v) is 20.9. The lowest BCUT2D eigenvalue weighted by atomic mass is 9.76. The minimum absolute atomic E-state index is 0.0530. The second-order valence-corrected chi connectivity index (χ2v) is 9.47. The first-order chi connectivity index (χ1) is 15.8. The third kappa shape index (κ3) is 8.45. The topological polar surface area (TPSA) is 81.6 Å². The van der Waals surface area contributed by atoms with E-state index in [9.17, 15) is 15.0 Å². The predicted molar refractivity (Wildman–Crippen MR) is 140 cm³/mol. The summed E-state index contributed by atoms with van der Waals surface area (Å²) < 4.78 is 0.